The number of anilines is 1. The summed E-state index contributed by atoms with van der Waals surface area (Å²) in [6.45, 7) is 4.36. The number of nitrogens with zero attached hydrogens (tertiary/aromatic N) is 2. The van der Waals surface area contributed by atoms with Crippen molar-refractivity contribution >= 4 is 28.3 Å². The Labute approximate surface area is 163 Å². The summed E-state index contributed by atoms with van der Waals surface area (Å²) in [5.74, 6) is -0.775. The van der Waals surface area contributed by atoms with Crippen LogP contribution in [0, 0.1) is 0 Å². The summed E-state index contributed by atoms with van der Waals surface area (Å²) in [6.07, 6.45) is 1.82. The van der Waals surface area contributed by atoms with Gasteiger partial charge in [-0.05, 0) is 37.3 Å². The highest BCUT2D eigenvalue weighted by atomic mass is 16.4. The number of aliphatic carboxylic acids is 1. The first kappa shape index (κ1) is 18.3. The molecule has 1 aromatic heterocycles. The Morgan fingerprint density at radius 1 is 1.00 bits per heavy atom. The van der Waals surface area contributed by atoms with Gasteiger partial charge in [0.25, 0.3) is 0 Å². The summed E-state index contributed by atoms with van der Waals surface area (Å²) in [5.41, 5.74) is 3.52. The second-order valence-electron chi connectivity index (χ2n) is 7.16. The molecule has 6 nitrogen and oxygen atoms in total. The molecular formula is C22H23N3O3. The van der Waals surface area contributed by atoms with E-state index in [4.69, 9.17) is 0 Å². The quantitative estimate of drug-likeness (QED) is 0.667. The summed E-state index contributed by atoms with van der Waals surface area (Å²) in [6, 6.07) is 14.7. The van der Waals surface area contributed by atoms with Gasteiger partial charge in [-0.2, -0.15) is 0 Å². The number of aromatic amines is 1. The third-order valence-electron chi connectivity index (χ3n) is 5.47. The first-order valence-electron chi connectivity index (χ1n) is 9.43. The van der Waals surface area contributed by atoms with Gasteiger partial charge in [0.15, 0.2) is 5.78 Å². The van der Waals surface area contributed by atoms with Crippen molar-refractivity contribution < 1.29 is 14.7 Å². The van der Waals surface area contributed by atoms with Gasteiger partial charge in [-0.15, -0.1) is 0 Å². The highest BCUT2D eigenvalue weighted by Gasteiger charge is 2.32. The van der Waals surface area contributed by atoms with Crippen LogP contribution in [0.5, 0.6) is 0 Å². The molecule has 1 aliphatic heterocycles. The van der Waals surface area contributed by atoms with E-state index in [-0.39, 0.29) is 5.78 Å². The fraction of sp³-hybridized carbons (Fsp3) is 0.273. The molecule has 28 heavy (non-hydrogen) atoms. The molecule has 144 valence electrons. The molecule has 6 heteroatoms. The Bertz CT molecular complexity index is 1000. The summed E-state index contributed by atoms with van der Waals surface area (Å²) < 4.78 is 0. The van der Waals surface area contributed by atoms with Gasteiger partial charge in [0.2, 0.25) is 0 Å². The zero-order valence-electron chi connectivity index (χ0n) is 15.8. The van der Waals surface area contributed by atoms with E-state index >= 15 is 0 Å². The predicted octanol–water partition coefficient (Wildman–Crippen LogP) is 3.32. The molecule has 0 spiro atoms. The van der Waals surface area contributed by atoms with Crippen LogP contribution in [0.3, 0.4) is 0 Å². The van der Waals surface area contributed by atoms with Gasteiger partial charge in [0.1, 0.15) is 6.04 Å². The van der Waals surface area contributed by atoms with Crippen LogP contribution < -0.4 is 4.90 Å². The highest BCUT2D eigenvalue weighted by Crippen LogP contribution is 2.30. The Morgan fingerprint density at radius 3 is 2.32 bits per heavy atom. The maximum atomic E-state index is 12.1. The normalized spacial score (nSPS) is 16.2. The molecule has 3 aromatic rings. The average Bonchev–Trinajstić information content (AvgIpc) is 3.12. The average molecular weight is 377 g/mol. The van der Waals surface area contributed by atoms with Crippen LogP contribution in [0.4, 0.5) is 5.69 Å². The zero-order valence-corrected chi connectivity index (χ0v) is 15.8. The maximum Gasteiger partial charge on any atom is 0.325 e. The highest BCUT2D eigenvalue weighted by molar-refractivity contribution is 5.94. The van der Waals surface area contributed by atoms with Crippen molar-refractivity contribution in [1.29, 1.82) is 0 Å². The Balaban J connectivity index is 1.51. The molecule has 1 aliphatic rings. The molecule has 0 amide bonds. The number of carboxylic acid groups (broad SMARTS) is 1. The lowest BCUT2D eigenvalue weighted by Gasteiger charge is -2.38. The monoisotopic (exact) mass is 377 g/mol. The lowest BCUT2D eigenvalue weighted by molar-refractivity contribution is -0.143. The number of fused-ring (bicyclic) bond motifs is 1. The van der Waals surface area contributed by atoms with Crippen molar-refractivity contribution in [2.24, 2.45) is 0 Å². The number of para-hydroxylation sites is 1. The fourth-order valence-corrected chi connectivity index (χ4v) is 3.95. The van der Waals surface area contributed by atoms with E-state index < -0.39 is 12.0 Å². The van der Waals surface area contributed by atoms with Crippen LogP contribution in [0.25, 0.3) is 10.9 Å². The van der Waals surface area contributed by atoms with Crippen molar-refractivity contribution in [2.75, 3.05) is 31.1 Å². The van der Waals surface area contributed by atoms with E-state index in [1.165, 1.54) is 0 Å². The van der Waals surface area contributed by atoms with Gasteiger partial charge in [-0.3, -0.25) is 14.5 Å². The van der Waals surface area contributed by atoms with E-state index in [0.717, 1.165) is 35.2 Å². The van der Waals surface area contributed by atoms with E-state index in [1.807, 2.05) is 59.6 Å². The zero-order chi connectivity index (χ0) is 19.7. The summed E-state index contributed by atoms with van der Waals surface area (Å²) >= 11 is 0. The van der Waals surface area contributed by atoms with Crippen LogP contribution in [-0.4, -0.2) is 52.9 Å². The van der Waals surface area contributed by atoms with Crippen LogP contribution in [0.2, 0.25) is 0 Å². The van der Waals surface area contributed by atoms with Crippen molar-refractivity contribution in [2.45, 2.75) is 13.0 Å². The first-order valence-corrected chi connectivity index (χ1v) is 9.43. The lowest BCUT2D eigenvalue weighted by atomic mass is 10.0. The third kappa shape index (κ3) is 3.39. The summed E-state index contributed by atoms with van der Waals surface area (Å²) in [5, 5.41) is 10.9. The summed E-state index contributed by atoms with van der Waals surface area (Å²) in [7, 11) is 0. The maximum absolute atomic E-state index is 12.1. The molecule has 0 bridgehead atoms. The van der Waals surface area contributed by atoms with E-state index in [1.54, 1.807) is 6.92 Å². The molecular weight excluding hydrogens is 354 g/mol. The molecule has 2 heterocycles. The number of nitrogens with one attached hydrogen (secondary N) is 1. The largest absolute Gasteiger partial charge is 0.480 e. The van der Waals surface area contributed by atoms with Crippen LogP contribution in [0.15, 0.2) is 54.7 Å². The van der Waals surface area contributed by atoms with Gasteiger partial charge in [-0.25, -0.2) is 0 Å². The smallest absolute Gasteiger partial charge is 0.325 e. The molecule has 1 saturated heterocycles. The van der Waals surface area contributed by atoms with Crippen LogP contribution in [0.1, 0.15) is 28.9 Å². The van der Waals surface area contributed by atoms with Gasteiger partial charge < -0.3 is 15.0 Å². The number of benzene rings is 2. The second-order valence-corrected chi connectivity index (χ2v) is 7.16. The van der Waals surface area contributed by atoms with Crippen LogP contribution in [-0.2, 0) is 4.79 Å². The topological polar surface area (TPSA) is 76.6 Å². The van der Waals surface area contributed by atoms with E-state index in [9.17, 15) is 14.7 Å². The van der Waals surface area contributed by atoms with E-state index in [0.29, 0.717) is 18.7 Å². The number of carboxylic acids is 1. The molecule has 0 aliphatic carbocycles. The van der Waals surface area contributed by atoms with Gasteiger partial charge in [0.05, 0.1) is 0 Å². The van der Waals surface area contributed by atoms with Gasteiger partial charge in [0, 0.05) is 60.1 Å². The molecule has 1 atom stereocenters. The van der Waals surface area contributed by atoms with Crippen molar-refractivity contribution in [3.05, 3.63) is 65.9 Å². The fourth-order valence-electron chi connectivity index (χ4n) is 3.95. The Kier molecular flexibility index (Phi) is 4.88. The number of carbonyl (C=O) groups is 2. The number of piperazine rings is 1. The minimum absolute atomic E-state index is 0.0550. The second kappa shape index (κ2) is 7.48. The first-order chi connectivity index (χ1) is 13.5. The number of hydrogen-bond donors (Lipinski definition) is 2. The SMILES string of the molecule is CC(=O)c1ccc(N2CCN([C@@H](C(=O)O)c3c[nH]c4ccccc34)CC2)cc1. The molecule has 0 unspecified atom stereocenters. The van der Waals surface area contributed by atoms with Crippen molar-refractivity contribution in [3.8, 4) is 0 Å². The summed E-state index contributed by atoms with van der Waals surface area (Å²) in [4.78, 5) is 31.0. The number of Topliss-reactive ketones (excluding diaryl/α,β-unsaturated/α-hetero) is 1. The third-order valence-corrected chi connectivity index (χ3v) is 5.47. The standard InChI is InChI=1S/C22H23N3O3/c1-15(26)16-6-8-17(9-7-16)24-10-12-25(13-11-24)21(22(27)28)19-14-23-20-5-3-2-4-18(19)20/h2-9,14,21,23H,10-13H2,1H3,(H,27,28)/t21-/m1/s1. The predicted molar refractivity (Wildman–Crippen MR) is 109 cm³/mol. The minimum atomic E-state index is -0.830. The lowest BCUT2D eigenvalue weighted by Crippen LogP contribution is -2.49. The van der Waals surface area contributed by atoms with Crippen molar-refractivity contribution in [3.63, 3.8) is 0 Å². The van der Waals surface area contributed by atoms with Crippen molar-refractivity contribution in [1.82, 2.24) is 9.88 Å². The number of aromatic nitrogens is 1. The Morgan fingerprint density at radius 2 is 1.68 bits per heavy atom. The number of hydrogen-bond acceptors (Lipinski definition) is 4. The number of H-pyrrole nitrogens is 1. The molecule has 0 saturated carbocycles. The molecule has 2 aromatic carbocycles. The molecule has 2 N–H and O–H groups in total. The molecule has 0 radical (unpaired) electrons. The minimum Gasteiger partial charge on any atom is -0.480 e. The number of carbonyl (C=O) groups excluding carboxylic acids is 1. The molecule has 1 fully saturated rings. The van der Waals surface area contributed by atoms with Crippen LogP contribution >= 0.6 is 0 Å². The number of rotatable bonds is 5. The van der Waals surface area contributed by atoms with Gasteiger partial charge in [-0.1, -0.05) is 18.2 Å². The van der Waals surface area contributed by atoms with Gasteiger partial charge >= 0.3 is 5.97 Å². The molecule has 4 rings (SSSR count). The Hall–Kier alpha value is -3.12. The van der Waals surface area contributed by atoms with E-state index in [2.05, 4.69) is 9.88 Å². The number of ketones is 1.